The van der Waals surface area contributed by atoms with Gasteiger partial charge in [0.2, 0.25) is 0 Å². The number of anilines is 1. The Morgan fingerprint density at radius 3 is 2.90 bits per heavy atom. The van der Waals surface area contributed by atoms with Crippen LogP contribution in [0.1, 0.15) is 30.1 Å². The Hall–Kier alpha value is -2.30. The lowest BCUT2D eigenvalue weighted by atomic mass is 10.1. The van der Waals surface area contributed by atoms with Crippen LogP contribution in [-0.4, -0.2) is 26.7 Å². The van der Waals surface area contributed by atoms with E-state index in [-0.39, 0.29) is 0 Å². The number of aliphatic carboxylic acids is 1. The SMILES string of the molecule is O=C(O)C1Cc2ccccc2N1Cc1cncn1C1CC1. The van der Waals surface area contributed by atoms with E-state index in [0.717, 1.165) is 16.9 Å². The Bertz CT molecular complexity index is 690. The molecule has 4 rings (SSSR count). The molecule has 1 fully saturated rings. The Kier molecular flexibility index (Phi) is 2.74. The van der Waals surface area contributed by atoms with Gasteiger partial charge >= 0.3 is 5.97 Å². The first kappa shape index (κ1) is 12.4. The van der Waals surface area contributed by atoms with Crippen molar-refractivity contribution < 1.29 is 9.90 Å². The maximum atomic E-state index is 11.6. The van der Waals surface area contributed by atoms with Crippen molar-refractivity contribution in [3.8, 4) is 0 Å². The number of para-hydroxylation sites is 1. The third-order valence-electron chi connectivity index (χ3n) is 4.39. The maximum absolute atomic E-state index is 11.6. The van der Waals surface area contributed by atoms with Gasteiger partial charge in [-0.15, -0.1) is 0 Å². The highest BCUT2D eigenvalue weighted by Gasteiger charge is 2.35. The summed E-state index contributed by atoms with van der Waals surface area (Å²) >= 11 is 0. The molecule has 2 aliphatic rings. The molecule has 1 aliphatic heterocycles. The molecule has 1 aliphatic carbocycles. The summed E-state index contributed by atoms with van der Waals surface area (Å²) in [6, 6.07) is 8.04. The van der Waals surface area contributed by atoms with Crippen molar-refractivity contribution in [2.45, 2.75) is 37.9 Å². The average molecular weight is 283 g/mol. The van der Waals surface area contributed by atoms with E-state index in [9.17, 15) is 9.90 Å². The number of nitrogens with zero attached hydrogens (tertiary/aromatic N) is 3. The molecule has 1 unspecified atom stereocenters. The fourth-order valence-corrected chi connectivity index (χ4v) is 3.18. The molecule has 0 spiro atoms. The van der Waals surface area contributed by atoms with Gasteiger partial charge in [-0.3, -0.25) is 0 Å². The van der Waals surface area contributed by atoms with Crippen LogP contribution in [0, 0.1) is 0 Å². The summed E-state index contributed by atoms with van der Waals surface area (Å²) in [4.78, 5) is 17.8. The van der Waals surface area contributed by atoms with Crippen molar-refractivity contribution in [2.75, 3.05) is 4.90 Å². The summed E-state index contributed by atoms with van der Waals surface area (Å²) in [6.07, 6.45) is 6.69. The zero-order chi connectivity index (χ0) is 14.4. The molecule has 1 aromatic heterocycles. The predicted molar refractivity (Wildman–Crippen MR) is 78.3 cm³/mol. The molecular formula is C16H17N3O2. The van der Waals surface area contributed by atoms with E-state index in [1.807, 2.05) is 41.7 Å². The van der Waals surface area contributed by atoms with E-state index in [2.05, 4.69) is 9.55 Å². The third-order valence-corrected chi connectivity index (χ3v) is 4.39. The van der Waals surface area contributed by atoms with Crippen LogP contribution in [0.5, 0.6) is 0 Å². The lowest BCUT2D eigenvalue weighted by Crippen LogP contribution is -2.38. The van der Waals surface area contributed by atoms with Crippen molar-refractivity contribution in [2.24, 2.45) is 0 Å². The number of carboxylic acid groups (broad SMARTS) is 1. The monoisotopic (exact) mass is 283 g/mol. The summed E-state index contributed by atoms with van der Waals surface area (Å²) in [7, 11) is 0. The number of carboxylic acids is 1. The molecule has 5 heteroatoms. The molecule has 0 bridgehead atoms. The molecule has 1 saturated carbocycles. The summed E-state index contributed by atoms with van der Waals surface area (Å²) in [5.74, 6) is -0.760. The maximum Gasteiger partial charge on any atom is 0.326 e. The third kappa shape index (κ3) is 2.09. The number of benzene rings is 1. The number of fused-ring (bicyclic) bond motifs is 1. The molecule has 1 N–H and O–H groups in total. The lowest BCUT2D eigenvalue weighted by Gasteiger charge is -2.25. The highest BCUT2D eigenvalue weighted by atomic mass is 16.4. The fourth-order valence-electron chi connectivity index (χ4n) is 3.18. The molecule has 0 saturated heterocycles. The minimum Gasteiger partial charge on any atom is -0.480 e. The summed E-state index contributed by atoms with van der Waals surface area (Å²) < 4.78 is 2.19. The molecule has 2 heterocycles. The molecule has 2 aromatic rings. The first-order valence-electron chi connectivity index (χ1n) is 7.32. The van der Waals surface area contributed by atoms with Gasteiger partial charge in [0, 0.05) is 24.3 Å². The van der Waals surface area contributed by atoms with Gasteiger partial charge in [-0.05, 0) is 24.5 Å². The zero-order valence-corrected chi connectivity index (χ0v) is 11.6. The first-order valence-corrected chi connectivity index (χ1v) is 7.32. The van der Waals surface area contributed by atoms with Crippen LogP contribution in [0.15, 0.2) is 36.8 Å². The molecule has 1 atom stereocenters. The van der Waals surface area contributed by atoms with E-state index in [1.165, 1.54) is 12.8 Å². The average Bonchev–Trinajstić information content (AvgIpc) is 3.11. The molecule has 5 nitrogen and oxygen atoms in total. The van der Waals surface area contributed by atoms with Gasteiger partial charge in [0.1, 0.15) is 6.04 Å². The van der Waals surface area contributed by atoms with Crippen LogP contribution in [0.4, 0.5) is 5.69 Å². The quantitative estimate of drug-likeness (QED) is 0.935. The van der Waals surface area contributed by atoms with Gasteiger partial charge in [0.25, 0.3) is 0 Å². The normalized spacial score (nSPS) is 20.6. The number of aromatic nitrogens is 2. The van der Waals surface area contributed by atoms with Crippen molar-refractivity contribution in [3.05, 3.63) is 48.0 Å². The Balaban J connectivity index is 1.68. The summed E-state index contributed by atoms with van der Waals surface area (Å²) in [5, 5.41) is 9.51. The minimum atomic E-state index is -0.760. The molecule has 0 radical (unpaired) electrons. The van der Waals surface area contributed by atoms with E-state index < -0.39 is 12.0 Å². The smallest absolute Gasteiger partial charge is 0.326 e. The van der Waals surface area contributed by atoms with Gasteiger partial charge < -0.3 is 14.6 Å². The van der Waals surface area contributed by atoms with Gasteiger partial charge in [-0.25, -0.2) is 9.78 Å². The Labute approximate surface area is 122 Å². The van der Waals surface area contributed by atoms with Gasteiger partial charge in [-0.1, -0.05) is 18.2 Å². The largest absolute Gasteiger partial charge is 0.480 e. The van der Waals surface area contributed by atoms with Crippen molar-refractivity contribution in [1.29, 1.82) is 0 Å². The topological polar surface area (TPSA) is 58.4 Å². The fraction of sp³-hybridized carbons (Fsp3) is 0.375. The highest BCUT2D eigenvalue weighted by Crippen LogP contribution is 2.38. The number of imidazole rings is 1. The molecule has 108 valence electrons. The summed E-state index contributed by atoms with van der Waals surface area (Å²) in [5.41, 5.74) is 3.25. The van der Waals surface area contributed by atoms with Gasteiger partial charge in [-0.2, -0.15) is 0 Å². The number of rotatable bonds is 4. The van der Waals surface area contributed by atoms with Crippen LogP contribution in [0.2, 0.25) is 0 Å². The standard InChI is InChI=1S/C16H17N3O2/c20-16(21)15-7-11-3-1-2-4-14(11)18(15)9-13-8-17-10-19(13)12-5-6-12/h1-4,8,10,12,15H,5-7,9H2,(H,20,21). The summed E-state index contributed by atoms with van der Waals surface area (Å²) in [6.45, 7) is 0.602. The van der Waals surface area contributed by atoms with Crippen LogP contribution in [0.3, 0.4) is 0 Å². The second kappa shape index (κ2) is 4.62. The van der Waals surface area contributed by atoms with Crippen molar-refractivity contribution in [1.82, 2.24) is 9.55 Å². The highest BCUT2D eigenvalue weighted by molar-refractivity contribution is 5.82. The van der Waals surface area contributed by atoms with E-state index in [0.29, 0.717) is 19.0 Å². The Morgan fingerprint density at radius 1 is 1.33 bits per heavy atom. The van der Waals surface area contributed by atoms with Gasteiger partial charge in [0.15, 0.2) is 0 Å². The van der Waals surface area contributed by atoms with E-state index in [1.54, 1.807) is 0 Å². The molecule has 21 heavy (non-hydrogen) atoms. The van der Waals surface area contributed by atoms with Crippen molar-refractivity contribution in [3.63, 3.8) is 0 Å². The molecule has 0 amide bonds. The predicted octanol–water partition coefficient (Wildman–Crippen LogP) is 2.23. The Morgan fingerprint density at radius 2 is 2.14 bits per heavy atom. The lowest BCUT2D eigenvalue weighted by molar-refractivity contribution is -0.138. The van der Waals surface area contributed by atoms with Gasteiger partial charge in [0.05, 0.1) is 18.6 Å². The van der Waals surface area contributed by atoms with E-state index >= 15 is 0 Å². The number of hydrogen-bond donors (Lipinski definition) is 1. The van der Waals surface area contributed by atoms with Crippen LogP contribution in [-0.2, 0) is 17.8 Å². The van der Waals surface area contributed by atoms with Crippen LogP contribution >= 0.6 is 0 Å². The molecular weight excluding hydrogens is 266 g/mol. The van der Waals surface area contributed by atoms with Crippen molar-refractivity contribution >= 4 is 11.7 Å². The first-order chi connectivity index (χ1) is 10.2. The number of carbonyl (C=O) groups is 1. The molecule has 1 aromatic carbocycles. The second-order valence-electron chi connectivity index (χ2n) is 5.84. The minimum absolute atomic E-state index is 0.482. The van der Waals surface area contributed by atoms with Crippen LogP contribution < -0.4 is 4.90 Å². The zero-order valence-electron chi connectivity index (χ0n) is 11.6. The van der Waals surface area contributed by atoms with Crippen LogP contribution in [0.25, 0.3) is 0 Å². The number of hydrogen-bond acceptors (Lipinski definition) is 3. The second-order valence-corrected chi connectivity index (χ2v) is 5.84. The van der Waals surface area contributed by atoms with E-state index in [4.69, 9.17) is 0 Å².